The molecule has 3 atom stereocenters. The van der Waals surface area contributed by atoms with Crippen molar-refractivity contribution in [3.8, 4) is 12.3 Å². The van der Waals surface area contributed by atoms with Gasteiger partial charge in [-0.1, -0.05) is 54.8 Å². The van der Waals surface area contributed by atoms with Gasteiger partial charge in [0.15, 0.2) is 6.10 Å². The predicted molar refractivity (Wildman–Crippen MR) is 86.2 cm³/mol. The van der Waals surface area contributed by atoms with Crippen LogP contribution >= 0.6 is 15.9 Å². The van der Waals surface area contributed by atoms with Crippen LogP contribution in [0.4, 0.5) is 0 Å². The Kier molecular flexibility index (Phi) is 6.07. The number of rotatable bonds is 6. The summed E-state index contributed by atoms with van der Waals surface area (Å²) in [5.74, 6) is 3.08. The van der Waals surface area contributed by atoms with Gasteiger partial charge in [-0.15, -0.1) is 6.42 Å². The van der Waals surface area contributed by atoms with Crippen molar-refractivity contribution in [1.29, 1.82) is 0 Å². The lowest BCUT2D eigenvalue weighted by Gasteiger charge is -2.13. The first-order chi connectivity index (χ1) is 9.38. The fraction of sp³-hybridized carbons (Fsp3) is 0.588. The highest BCUT2D eigenvalue weighted by atomic mass is 79.9. The van der Waals surface area contributed by atoms with E-state index in [2.05, 4.69) is 41.8 Å². The van der Waals surface area contributed by atoms with E-state index in [1.165, 1.54) is 0 Å². The summed E-state index contributed by atoms with van der Waals surface area (Å²) in [6.07, 6.45) is 10.3. The molecule has 0 bridgehead atoms. The zero-order valence-corrected chi connectivity index (χ0v) is 14.2. The van der Waals surface area contributed by atoms with Gasteiger partial charge in [0, 0.05) is 6.42 Å². The maximum absolute atomic E-state index is 12.0. The molecule has 20 heavy (non-hydrogen) atoms. The van der Waals surface area contributed by atoms with E-state index < -0.39 is 6.10 Å². The van der Waals surface area contributed by atoms with E-state index in [9.17, 15) is 4.79 Å². The Hall–Kier alpha value is -1.01. The zero-order valence-electron chi connectivity index (χ0n) is 12.7. The zero-order chi connectivity index (χ0) is 15.3. The molecule has 110 valence electrons. The molecule has 0 saturated heterocycles. The first-order valence-corrected chi connectivity index (χ1v) is 7.89. The third kappa shape index (κ3) is 3.99. The fourth-order valence-electron chi connectivity index (χ4n) is 2.68. The summed E-state index contributed by atoms with van der Waals surface area (Å²) in [6.45, 7) is 8.27. The number of carbonyl (C=O) groups excluding carboxylic acids is 1. The van der Waals surface area contributed by atoms with E-state index in [4.69, 9.17) is 11.2 Å². The third-order valence-electron chi connectivity index (χ3n) is 4.15. The second-order valence-corrected chi connectivity index (χ2v) is 6.40. The van der Waals surface area contributed by atoms with Gasteiger partial charge in [-0.05, 0) is 41.2 Å². The quantitative estimate of drug-likeness (QED) is 0.406. The molecule has 1 rings (SSSR count). The topological polar surface area (TPSA) is 26.3 Å². The molecule has 1 aliphatic rings. The van der Waals surface area contributed by atoms with Gasteiger partial charge in [0.05, 0.1) is 0 Å². The summed E-state index contributed by atoms with van der Waals surface area (Å²) in [4.78, 5) is 13.9. The molecule has 0 aromatic heterocycles. The van der Waals surface area contributed by atoms with E-state index >= 15 is 0 Å². The van der Waals surface area contributed by atoms with Crippen molar-refractivity contribution in [2.75, 3.05) is 0 Å². The molecule has 1 unspecified atom stereocenters. The number of esters is 1. The van der Waals surface area contributed by atoms with Crippen molar-refractivity contribution in [2.24, 2.45) is 17.3 Å². The standard InChI is InChI=1S/C17H23BrO2/c1-6-8-12(3)15(7-2)20-16(19)11-14-13(9-10-18)17(14,4)5/h2,8-10,13-15H,6,11H2,1,3-5H3/b10-9+,12-8+/t13-,14+,15?/m1/s1. The maximum atomic E-state index is 12.0. The molecule has 3 heteroatoms. The van der Waals surface area contributed by atoms with Crippen LogP contribution < -0.4 is 0 Å². The van der Waals surface area contributed by atoms with E-state index in [-0.39, 0.29) is 11.4 Å². The Morgan fingerprint density at radius 3 is 2.70 bits per heavy atom. The van der Waals surface area contributed by atoms with Crippen LogP contribution in [-0.4, -0.2) is 12.1 Å². The first-order valence-electron chi connectivity index (χ1n) is 6.97. The van der Waals surface area contributed by atoms with Gasteiger partial charge in [-0.2, -0.15) is 0 Å². The highest BCUT2D eigenvalue weighted by Gasteiger charge is 2.56. The van der Waals surface area contributed by atoms with Gasteiger partial charge < -0.3 is 4.74 Å². The molecule has 0 N–H and O–H groups in total. The molecule has 0 aliphatic heterocycles. The van der Waals surface area contributed by atoms with Gasteiger partial charge in [0.2, 0.25) is 0 Å². The molecule has 0 radical (unpaired) electrons. The Bertz CT molecular complexity index is 454. The summed E-state index contributed by atoms with van der Waals surface area (Å²) in [5, 5.41) is 0. The van der Waals surface area contributed by atoms with Gasteiger partial charge in [0.25, 0.3) is 0 Å². The number of hydrogen-bond acceptors (Lipinski definition) is 2. The molecule has 0 aromatic carbocycles. The van der Waals surface area contributed by atoms with Crippen molar-refractivity contribution in [3.05, 3.63) is 22.7 Å². The highest BCUT2D eigenvalue weighted by Crippen LogP contribution is 2.60. The van der Waals surface area contributed by atoms with Crippen LogP contribution in [0.3, 0.4) is 0 Å². The molecule has 2 nitrogen and oxygen atoms in total. The van der Waals surface area contributed by atoms with E-state index in [0.29, 0.717) is 18.3 Å². The molecule has 1 aliphatic carbocycles. The second-order valence-electron chi connectivity index (χ2n) is 5.87. The largest absolute Gasteiger partial charge is 0.444 e. The number of carbonyl (C=O) groups is 1. The first kappa shape index (κ1) is 17.0. The highest BCUT2D eigenvalue weighted by molar-refractivity contribution is 9.11. The molecule has 1 fully saturated rings. The average molecular weight is 339 g/mol. The lowest BCUT2D eigenvalue weighted by atomic mass is 10.1. The van der Waals surface area contributed by atoms with Gasteiger partial charge in [-0.25, -0.2) is 0 Å². The van der Waals surface area contributed by atoms with Crippen LogP contribution in [0, 0.1) is 29.6 Å². The van der Waals surface area contributed by atoms with Crippen molar-refractivity contribution < 1.29 is 9.53 Å². The minimum atomic E-state index is -0.533. The summed E-state index contributed by atoms with van der Waals surface area (Å²) in [6, 6.07) is 0. The van der Waals surface area contributed by atoms with Crippen LogP contribution in [0.2, 0.25) is 0 Å². The molecular weight excluding hydrogens is 316 g/mol. The normalized spacial score (nSPS) is 26.1. The van der Waals surface area contributed by atoms with Crippen LogP contribution in [0.15, 0.2) is 22.7 Å². The fourth-order valence-corrected chi connectivity index (χ4v) is 3.01. The summed E-state index contributed by atoms with van der Waals surface area (Å²) in [7, 11) is 0. The maximum Gasteiger partial charge on any atom is 0.307 e. The minimum absolute atomic E-state index is 0.156. The van der Waals surface area contributed by atoms with E-state index in [0.717, 1.165) is 12.0 Å². The van der Waals surface area contributed by atoms with Gasteiger partial charge >= 0.3 is 5.97 Å². The number of halogens is 1. The molecule has 0 amide bonds. The van der Waals surface area contributed by atoms with Crippen LogP contribution in [0.5, 0.6) is 0 Å². The summed E-state index contributed by atoms with van der Waals surface area (Å²) >= 11 is 3.29. The van der Waals surface area contributed by atoms with Crippen molar-refractivity contribution in [3.63, 3.8) is 0 Å². The number of ether oxygens (including phenoxy) is 1. The number of terminal acetylenes is 1. The summed E-state index contributed by atoms with van der Waals surface area (Å²) < 4.78 is 5.41. The average Bonchev–Trinajstić information content (AvgIpc) is 2.88. The van der Waals surface area contributed by atoms with Crippen molar-refractivity contribution in [2.45, 2.75) is 46.6 Å². The summed E-state index contributed by atoms with van der Waals surface area (Å²) in [5.41, 5.74) is 1.08. The SMILES string of the molecule is C#CC(OC(=O)C[C@H]1[C@@H](/C=C/Br)C1(C)C)/C(C)=C/CC. The Morgan fingerprint density at radius 2 is 2.20 bits per heavy atom. The molecule has 1 saturated carbocycles. The lowest BCUT2D eigenvalue weighted by Crippen LogP contribution is -2.18. The second kappa shape index (κ2) is 7.13. The predicted octanol–water partition coefficient (Wildman–Crippen LogP) is 4.46. The molecule has 0 spiro atoms. The van der Waals surface area contributed by atoms with Gasteiger partial charge in [0.1, 0.15) is 0 Å². The van der Waals surface area contributed by atoms with Crippen LogP contribution in [-0.2, 0) is 9.53 Å². The van der Waals surface area contributed by atoms with E-state index in [1.807, 2.05) is 24.9 Å². The number of allylic oxidation sites excluding steroid dienone is 2. The lowest BCUT2D eigenvalue weighted by molar-refractivity contribution is -0.145. The molecule has 0 heterocycles. The molecule has 0 aromatic rings. The smallest absolute Gasteiger partial charge is 0.307 e. The third-order valence-corrected chi connectivity index (χ3v) is 4.45. The Morgan fingerprint density at radius 1 is 1.55 bits per heavy atom. The van der Waals surface area contributed by atoms with Crippen molar-refractivity contribution in [1.82, 2.24) is 0 Å². The van der Waals surface area contributed by atoms with Crippen molar-refractivity contribution >= 4 is 21.9 Å². The molecular formula is C17H23BrO2. The van der Waals surface area contributed by atoms with E-state index in [1.54, 1.807) is 0 Å². The Balaban J connectivity index is 2.57. The minimum Gasteiger partial charge on any atom is -0.444 e. The van der Waals surface area contributed by atoms with Crippen LogP contribution in [0.1, 0.15) is 40.5 Å². The Labute approximate surface area is 130 Å². The number of hydrogen-bond donors (Lipinski definition) is 0. The van der Waals surface area contributed by atoms with Gasteiger partial charge in [-0.3, -0.25) is 4.79 Å². The van der Waals surface area contributed by atoms with Crippen LogP contribution in [0.25, 0.3) is 0 Å². The monoisotopic (exact) mass is 338 g/mol.